The monoisotopic (exact) mass is 331 g/mol. The summed E-state index contributed by atoms with van der Waals surface area (Å²) in [6.45, 7) is 1.72. The van der Waals surface area contributed by atoms with Crippen LogP contribution >= 0.6 is 15.9 Å². The first-order valence-corrected chi connectivity index (χ1v) is 7.00. The minimum absolute atomic E-state index is 0.396. The molecule has 2 aromatic carbocycles. The summed E-state index contributed by atoms with van der Waals surface area (Å²) in [5, 5.41) is 18.1. The third-order valence-electron chi connectivity index (χ3n) is 2.87. The molecule has 0 unspecified atom stereocenters. The van der Waals surface area contributed by atoms with Crippen molar-refractivity contribution in [3.8, 4) is 17.6 Å². The molecule has 102 valence electrons. The van der Waals surface area contributed by atoms with E-state index >= 15 is 0 Å². The molecule has 0 aromatic heterocycles. The number of rotatable bonds is 4. The highest BCUT2D eigenvalue weighted by molar-refractivity contribution is 9.10. The van der Waals surface area contributed by atoms with Crippen molar-refractivity contribution in [3.05, 3.63) is 58.1 Å². The fourth-order valence-electron chi connectivity index (χ4n) is 1.75. The summed E-state index contributed by atoms with van der Waals surface area (Å²) in [6.07, 6.45) is -0.113. The molecule has 0 spiro atoms. The Morgan fingerprint density at radius 3 is 2.50 bits per heavy atom. The Kier molecular flexibility index (Phi) is 4.78. The van der Waals surface area contributed by atoms with E-state index < -0.39 is 6.10 Å². The summed E-state index contributed by atoms with van der Waals surface area (Å²) in [5.41, 5.74) is 1.79. The minimum Gasteiger partial charge on any atom is -0.456 e. The number of hydrogen-bond donors (Lipinski definition) is 1. The van der Waals surface area contributed by atoms with Crippen LogP contribution in [0.4, 0.5) is 0 Å². The third-order valence-corrected chi connectivity index (χ3v) is 3.49. The first-order valence-electron chi connectivity index (χ1n) is 6.21. The predicted molar refractivity (Wildman–Crippen MR) is 80.6 cm³/mol. The van der Waals surface area contributed by atoms with Crippen molar-refractivity contribution in [2.24, 2.45) is 0 Å². The highest BCUT2D eigenvalue weighted by atomic mass is 79.9. The summed E-state index contributed by atoms with van der Waals surface area (Å²) in [5.74, 6) is 1.39. The quantitative estimate of drug-likeness (QED) is 0.905. The summed E-state index contributed by atoms with van der Waals surface area (Å²) in [6, 6.07) is 15.0. The first-order chi connectivity index (χ1) is 9.60. The second-order valence-electron chi connectivity index (χ2n) is 4.45. The third kappa shape index (κ3) is 3.60. The van der Waals surface area contributed by atoms with E-state index in [4.69, 9.17) is 10.00 Å². The molecule has 0 amide bonds. The van der Waals surface area contributed by atoms with Gasteiger partial charge in [-0.1, -0.05) is 18.2 Å². The summed E-state index contributed by atoms with van der Waals surface area (Å²) < 4.78 is 6.55. The molecule has 0 heterocycles. The van der Waals surface area contributed by atoms with Crippen LogP contribution in [0.3, 0.4) is 0 Å². The summed E-state index contributed by atoms with van der Waals surface area (Å²) >= 11 is 3.43. The lowest BCUT2D eigenvalue weighted by Crippen LogP contribution is -1.92. The number of nitrogens with zero attached hydrogens (tertiary/aromatic N) is 1. The van der Waals surface area contributed by atoms with Gasteiger partial charge in [-0.15, -0.1) is 0 Å². The molecule has 0 fully saturated rings. The van der Waals surface area contributed by atoms with E-state index in [1.165, 1.54) is 0 Å². The van der Waals surface area contributed by atoms with E-state index in [1.54, 1.807) is 6.92 Å². The van der Waals surface area contributed by atoms with Crippen LogP contribution in [0.1, 0.15) is 24.2 Å². The summed E-state index contributed by atoms with van der Waals surface area (Å²) in [4.78, 5) is 0. The molecule has 1 N–H and O–H groups in total. The maximum Gasteiger partial charge on any atom is 0.141 e. The fraction of sp³-hybridized carbons (Fsp3) is 0.188. The lowest BCUT2D eigenvalue weighted by atomic mass is 10.1. The molecule has 0 bridgehead atoms. The Morgan fingerprint density at radius 1 is 1.25 bits per heavy atom. The van der Waals surface area contributed by atoms with Crippen molar-refractivity contribution in [2.75, 3.05) is 0 Å². The highest BCUT2D eigenvalue weighted by Gasteiger charge is 2.07. The molecule has 1 atom stereocenters. The number of benzene rings is 2. The van der Waals surface area contributed by atoms with Crippen LogP contribution in [0, 0.1) is 11.3 Å². The van der Waals surface area contributed by atoms with Crippen LogP contribution < -0.4 is 4.74 Å². The van der Waals surface area contributed by atoms with Crippen LogP contribution in [0.2, 0.25) is 0 Å². The number of aliphatic hydroxyl groups is 1. The fourth-order valence-corrected chi connectivity index (χ4v) is 2.23. The molecule has 2 aromatic rings. The molecule has 2 rings (SSSR count). The molecule has 3 nitrogen and oxygen atoms in total. The number of nitriles is 1. The number of ether oxygens (including phenoxy) is 1. The van der Waals surface area contributed by atoms with Crippen LogP contribution in [0.25, 0.3) is 0 Å². The Balaban J connectivity index is 2.15. The smallest absolute Gasteiger partial charge is 0.141 e. The molecule has 20 heavy (non-hydrogen) atoms. The van der Waals surface area contributed by atoms with Gasteiger partial charge < -0.3 is 9.84 Å². The average Bonchev–Trinajstić information content (AvgIpc) is 2.43. The largest absolute Gasteiger partial charge is 0.456 e. The molecular formula is C16H14BrNO2. The SMILES string of the molecule is C[C@H](O)c1ccc(Oc2ccc(CC#N)cc2)c(Br)c1. The van der Waals surface area contributed by atoms with Crippen molar-refractivity contribution < 1.29 is 9.84 Å². The summed E-state index contributed by atoms with van der Waals surface area (Å²) in [7, 11) is 0. The van der Waals surface area contributed by atoms with Gasteiger partial charge in [0.1, 0.15) is 11.5 Å². The normalized spacial score (nSPS) is 11.7. The zero-order valence-corrected chi connectivity index (χ0v) is 12.6. The van der Waals surface area contributed by atoms with E-state index in [9.17, 15) is 5.11 Å². The van der Waals surface area contributed by atoms with Crippen LogP contribution in [-0.4, -0.2) is 5.11 Å². The van der Waals surface area contributed by atoms with Crippen molar-refractivity contribution in [1.82, 2.24) is 0 Å². The number of halogens is 1. The van der Waals surface area contributed by atoms with E-state index in [1.807, 2.05) is 42.5 Å². The van der Waals surface area contributed by atoms with E-state index in [2.05, 4.69) is 22.0 Å². The lowest BCUT2D eigenvalue weighted by Gasteiger charge is -2.11. The molecule has 4 heteroatoms. The molecule has 0 radical (unpaired) electrons. The van der Waals surface area contributed by atoms with Crippen molar-refractivity contribution in [1.29, 1.82) is 5.26 Å². The molecular weight excluding hydrogens is 318 g/mol. The molecule has 0 aliphatic heterocycles. The topological polar surface area (TPSA) is 53.2 Å². The van der Waals surface area contributed by atoms with Gasteiger partial charge in [-0.3, -0.25) is 0 Å². The average molecular weight is 332 g/mol. The maximum absolute atomic E-state index is 9.52. The number of hydrogen-bond acceptors (Lipinski definition) is 3. The zero-order valence-electron chi connectivity index (χ0n) is 11.0. The second kappa shape index (κ2) is 6.56. The van der Waals surface area contributed by atoms with Gasteiger partial charge in [0, 0.05) is 0 Å². The first kappa shape index (κ1) is 14.6. The Labute approximate surface area is 126 Å². The van der Waals surface area contributed by atoms with Crippen molar-refractivity contribution >= 4 is 15.9 Å². The van der Waals surface area contributed by atoms with Gasteiger partial charge in [0.2, 0.25) is 0 Å². The van der Waals surface area contributed by atoms with Crippen LogP contribution in [0.15, 0.2) is 46.9 Å². The van der Waals surface area contributed by atoms with Gasteiger partial charge in [-0.25, -0.2) is 0 Å². The Morgan fingerprint density at radius 2 is 1.95 bits per heavy atom. The van der Waals surface area contributed by atoms with Crippen molar-refractivity contribution in [2.45, 2.75) is 19.4 Å². The molecule has 0 saturated carbocycles. The van der Waals surface area contributed by atoms with Gasteiger partial charge in [-0.05, 0) is 58.2 Å². The van der Waals surface area contributed by atoms with Crippen LogP contribution in [-0.2, 0) is 6.42 Å². The Bertz CT molecular complexity index is 630. The van der Waals surface area contributed by atoms with Gasteiger partial charge in [0.15, 0.2) is 0 Å². The maximum atomic E-state index is 9.52. The van der Waals surface area contributed by atoms with Gasteiger partial charge >= 0.3 is 0 Å². The van der Waals surface area contributed by atoms with Gasteiger partial charge in [0.25, 0.3) is 0 Å². The molecule has 0 saturated heterocycles. The molecule has 0 aliphatic carbocycles. The predicted octanol–water partition coefficient (Wildman–Crippen LogP) is 4.36. The van der Waals surface area contributed by atoms with Crippen molar-refractivity contribution in [3.63, 3.8) is 0 Å². The second-order valence-corrected chi connectivity index (χ2v) is 5.30. The van der Waals surface area contributed by atoms with E-state index in [0.717, 1.165) is 15.6 Å². The van der Waals surface area contributed by atoms with Gasteiger partial charge in [-0.2, -0.15) is 5.26 Å². The van der Waals surface area contributed by atoms with Gasteiger partial charge in [0.05, 0.1) is 23.1 Å². The Hall–Kier alpha value is -1.83. The molecule has 0 aliphatic rings. The standard InChI is InChI=1S/C16H14BrNO2/c1-11(19)13-4-7-16(15(17)10-13)20-14-5-2-12(3-6-14)8-9-18/h2-7,10-11,19H,8H2,1H3/t11-/m0/s1. The van der Waals surface area contributed by atoms with E-state index in [0.29, 0.717) is 17.9 Å². The highest BCUT2D eigenvalue weighted by Crippen LogP contribution is 2.32. The van der Waals surface area contributed by atoms with Crippen LogP contribution in [0.5, 0.6) is 11.5 Å². The zero-order chi connectivity index (χ0) is 14.5. The van der Waals surface area contributed by atoms with E-state index in [-0.39, 0.29) is 0 Å². The lowest BCUT2D eigenvalue weighted by molar-refractivity contribution is 0.199. The minimum atomic E-state index is -0.509. The number of aliphatic hydroxyl groups excluding tert-OH is 1.